The van der Waals surface area contributed by atoms with E-state index in [4.69, 9.17) is 4.74 Å². The molecule has 0 aromatic heterocycles. The molecule has 0 saturated carbocycles. The van der Waals surface area contributed by atoms with Crippen molar-refractivity contribution >= 4 is 0 Å². The summed E-state index contributed by atoms with van der Waals surface area (Å²) in [5, 5.41) is 3.74. The molecule has 3 nitrogen and oxygen atoms in total. The summed E-state index contributed by atoms with van der Waals surface area (Å²) in [6.07, 6.45) is 6.86. The molecule has 2 aliphatic heterocycles. The number of nitrogens with zero attached hydrogens (tertiary/aromatic N) is 1. The van der Waals surface area contributed by atoms with Gasteiger partial charge in [-0.1, -0.05) is 20.8 Å². The van der Waals surface area contributed by atoms with Crippen molar-refractivity contribution in [2.24, 2.45) is 5.92 Å². The number of hydrogen-bond acceptors (Lipinski definition) is 3. The number of rotatable bonds is 6. The van der Waals surface area contributed by atoms with Crippen LogP contribution in [0.25, 0.3) is 0 Å². The molecule has 0 amide bonds. The molecule has 19 heavy (non-hydrogen) atoms. The highest BCUT2D eigenvalue weighted by Crippen LogP contribution is 2.19. The van der Waals surface area contributed by atoms with Crippen LogP contribution in [0, 0.1) is 5.92 Å². The Morgan fingerprint density at radius 2 is 2.21 bits per heavy atom. The van der Waals surface area contributed by atoms with Crippen molar-refractivity contribution in [2.45, 2.75) is 71.1 Å². The Hall–Kier alpha value is -0.120. The van der Waals surface area contributed by atoms with Crippen LogP contribution in [0.4, 0.5) is 0 Å². The Kier molecular flexibility index (Phi) is 6.11. The van der Waals surface area contributed by atoms with E-state index in [-0.39, 0.29) is 0 Å². The molecule has 3 heteroatoms. The fourth-order valence-corrected chi connectivity index (χ4v) is 3.51. The predicted octanol–water partition coefficient (Wildman–Crippen LogP) is 2.65. The standard InChI is InChI=1S/C16H32N2O/c1-4-15-11-17-14(10-13(2)3)12-18(15)8-7-16-6-5-9-19-16/h13-17H,4-12H2,1-3H3. The molecule has 0 bridgehead atoms. The quantitative estimate of drug-likeness (QED) is 0.801. The van der Waals surface area contributed by atoms with Crippen LogP contribution in [0.5, 0.6) is 0 Å². The maximum Gasteiger partial charge on any atom is 0.0588 e. The predicted molar refractivity (Wildman–Crippen MR) is 80.5 cm³/mol. The van der Waals surface area contributed by atoms with Gasteiger partial charge >= 0.3 is 0 Å². The number of hydrogen-bond donors (Lipinski definition) is 1. The molecule has 3 unspecified atom stereocenters. The van der Waals surface area contributed by atoms with Gasteiger partial charge in [-0.2, -0.15) is 0 Å². The van der Waals surface area contributed by atoms with Crippen molar-refractivity contribution in [2.75, 3.05) is 26.2 Å². The lowest BCUT2D eigenvalue weighted by Gasteiger charge is -2.41. The number of nitrogens with one attached hydrogen (secondary N) is 1. The van der Waals surface area contributed by atoms with E-state index >= 15 is 0 Å². The first-order valence-corrected chi connectivity index (χ1v) is 8.28. The number of ether oxygens (including phenoxy) is 1. The molecule has 0 aromatic rings. The van der Waals surface area contributed by atoms with Crippen LogP contribution in [0.3, 0.4) is 0 Å². The van der Waals surface area contributed by atoms with Crippen molar-refractivity contribution in [1.29, 1.82) is 0 Å². The highest BCUT2D eigenvalue weighted by Gasteiger charge is 2.27. The van der Waals surface area contributed by atoms with Crippen LogP contribution < -0.4 is 5.32 Å². The highest BCUT2D eigenvalue weighted by molar-refractivity contribution is 4.86. The zero-order chi connectivity index (χ0) is 13.7. The van der Waals surface area contributed by atoms with Crippen LogP contribution >= 0.6 is 0 Å². The summed E-state index contributed by atoms with van der Waals surface area (Å²) in [7, 11) is 0. The van der Waals surface area contributed by atoms with Crippen LogP contribution in [0.15, 0.2) is 0 Å². The summed E-state index contributed by atoms with van der Waals surface area (Å²) in [5.41, 5.74) is 0. The van der Waals surface area contributed by atoms with Gasteiger partial charge in [0.2, 0.25) is 0 Å². The Balaban J connectivity index is 1.79. The maximum atomic E-state index is 5.76. The largest absolute Gasteiger partial charge is 0.378 e. The smallest absolute Gasteiger partial charge is 0.0588 e. The van der Waals surface area contributed by atoms with Gasteiger partial charge in [0.15, 0.2) is 0 Å². The Morgan fingerprint density at radius 1 is 1.37 bits per heavy atom. The third-order valence-electron chi connectivity index (χ3n) is 4.60. The third-order valence-corrected chi connectivity index (χ3v) is 4.60. The monoisotopic (exact) mass is 268 g/mol. The van der Waals surface area contributed by atoms with Crippen molar-refractivity contribution < 1.29 is 4.74 Å². The summed E-state index contributed by atoms with van der Waals surface area (Å²) in [4.78, 5) is 2.71. The first-order valence-electron chi connectivity index (χ1n) is 8.28. The zero-order valence-electron chi connectivity index (χ0n) is 13.0. The molecule has 2 saturated heterocycles. The molecule has 2 heterocycles. The van der Waals surface area contributed by atoms with E-state index < -0.39 is 0 Å². The molecule has 0 aromatic carbocycles. The van der Waals surface area contributed by atoms with Crippen molar-refractivity contribution in [3.63, 3.8) is 0 Å². The SMILES string of the molecule is CCC1CNC(CC(C)C)CN1CCC1CCCO1. The van der Waals surface area contributed by atoms with Crippen LogP contribution in [0.1, 0.15) is 52.9 Å². The lowest BCUT2D eigenvalue weighted by atomic mass is 9.98. The minimum Gasteiger partial charge on any atom is -0.378 e. The van der Waals surface area contributed by atoms with E-state index in [1.165, 1.54) is 51.7 Å². The van der Waals surface area contributed by atoms with Crippen molar-refractivity contribution in [3.8, 4) is 0 Å². The highest BCUT2D eigenvalue weighted by atomic mass is 16.5. The van der Waals surface area contributed by atoms with Gasteiger partial charge in [0, 0.05) is 38.3 Å². The van der Waals surface area contributed by atoms with Gasteiger partial charge in [0.05, 0.1) is 6.10 Å². The average molecular weight is 268 g/mol. The van der Waals surface area contributed by atoms with E-state index in [9.17, 15) is 0 Å². The molecular formula is C16H32N2O. The summed E-state index contributed by atoms with van der Waals surface area (Å²) < 4.78 is 5.76. The third kappa shape index (κ3) is 4.73. The Bertz CT molecular complexity index is 251. The van der Waals surface area contributed by atoms with Gasteiger partial charge in [-0.3, -0.25) is 4.90 Å². The van der Waals surface area contributed by atoms with Crippen LogP contribution in [-0.2, 0) is 4.74 Å². The van der Waals surface area contributed by atoms with Gasteiger partial charge in [0.25, 0.3) is 0 Å². The average Bonchev–Trinajstić information content (AvgIpc) is 2.89. The fourth-order valence-electron chi connectivity index (χ4n) is 3.51. The molecule has 3 atom stereocenters. The fraction of sp³-hybridized carbons (Fsp3) is 1.00. The zero-order valence-corrected chi connectivity index (χ0v) is 13.0. The molecule has 2 fully saturated rings. The van der Waals surface area contributed by atoms with Gasteiger partial charge in [-0.25, -0.2) is 0 Å². The van der Waals surface area contributed by atoms with Crippen LogP contribution in [0.2, 0.25) is 0 Å². The maximum absolute atomic E-state index is 5.76. The van der Waals surface area contributed by atoms with Gasteiger partial charge in [0.1, 0.15) is 0 Å². The molecule has 112 valence electrons. The normalized spacial score (nSPS) is 33.2. The Morgan fingerprint density at radius 3 is 2.84 bits per heavy atom. The summed E-state index contributed by atoms with van der Waals surface area (Å²) >= 11 is 0. The molecule has 1 N–H and O–H groups in total. The van der Waals surface area contributed by atoms with Gasteiger partial charge < -0.3 is 10.1 Å². The van der Waals surface area contributed by atoms with E-state index in [2.05, 4.69) is 31.0 Å². The lowest BCUT2D eigenvalue weighted by molar-refractivity contribution is 0.0676. The van der Waals surface area contributed by atoms with E-state index in [1.807, 2.05) is 0 Å². The topological polar surface area (TPSA) is 24.5 Å². The molecular weight excluding hydrogens is 236 g/mol. The number of piperazine rings is 1. The van der Waals surface area contributed by atoms with Crippen molar-refractivity contribution in [1.82, 2.24) is 10.2 Å². The Labute approximate surface area is 119 Å². The minimum atomic E-state index is 0.538. The molecule has 2 aliphatic rings. The van der Waals surface area contributed by atoms with E-state index in [0.717, 1.165) is 18.6 Å². The molecule has 2 rings (SSSR count). The molecule has 0 spiro atoms. The summed E-state index contributed by atoms with van der Waals surface area (Å²) in [5.74, 6) is 0.788. The van der Waals surface area contributed by atoms with Crippen molar-refractivity contribution in [3.05, 3.63) is 0 Å². The summed E-state index contributed by atoms with van der Waals surface area (Å²) in [6, 6.07) is 1.41. The molecule has 0 radical (unpaired) electrons. The van der Waals surface area contributed by atoms with E-state index in [0.29, 0.717) is 12.1 Å². The first-order chi connectivity index (χ1) is 9.19. The first kappa shape index (κ1) is 15.3. The van der Waals surface area contributed by atoms with Crippen LogP contribution in [-0.4, -0.2) is 49.3 Å². The van der Waals surface area contributed by atoms with Gasteiger partial charge in [-0.05, 0) is 38.0 Å². The van der Waals surface area contributed by atoms with E-state index in [1.54, 1.807) is 0 Å². The summed E-state index contributed by atoms with van der Waals surface area (Å²) in [6.45, 7) is 11.6. The minimum absolute atomic E-state index is 0.538. The second-order valence-corrected chi connectivity index (χ2v) is 6.72. The lowest BCUT2D eigenvalue weighted by Crippen LogP contribution is -2.56. The van der Waals surface area contributed by atoms with Gasteiger partial charge in [-0.15, -0.1) is 0 Å². The molecule has 0 aliphatic carbocycles. The second kappa shape index (κ2) is 7.61. The second-order valence-electron chi connectivity index (χ2n) is 6.72.